The lowest BCUT2D eigenvalue weighted by molar-refractivity contribution is -0.118. The summed E-state index contributed by atoms with van der Waals surface area (Å²) in [6, 6.07) is 8.05. The van der Waals surface area contributed by atoms with Gasteiger partial charge in [-0.3, -0.25) is 4.79 Å². The fourth-order valence-corrected chi connectivity index (χ4v) is 3.84. The van der Waals surface area contributed by atoms with Crippen molar-refractivity contribution in [2.45, 2.75) is 63.7 Å². The van der Waals surface area contributed by atoms with Crippen molar-refractivity contribution in [2.75, 3.05) is 5.75 Å². The molecular weight excluding hydrogens is 380 g/mol. The van der Waals surface area contributed by atoms with Crippen molar-refractivity contribution in [1.29, 1.82) is 0 Å². The summed E-state index contributed by atoms with van der Waals surface area (Å²) in [5.74, 6) is 1.80. The molecule has 0 bridgehead atoms. The summed E-state index contributed by atoms with van der Waals surface area (Å²) >= 11 is 7.49. The first kappa shape index (κ1) is 20.2. The van der Waals surface area contributed by atoms with Crippen molar-refractivity contribution in [3.63, 3.8) is 0 Å². The van der Waals surface area contributed by atoms with Crippen molar-refractivity contribution in [1.82, 2.24) is 20.1 Å². The number of hydrogen-bond acceptors (Lipinski definition) is 4. The van der Waals surface area contributed by atoms with Crippen LogP contribution in [0.4, 0.5) is 0 Å². The molecule has 0 aliphatic heterocycles. The van der Waals surface area contributed by atoms with Crippen LogP contribution in [0.1, 0.15) is 46.0 Å². The first-order valence-corrected chi connectivity index (χ1v) is 11.0. The molecule has 3 rings (SSSR count). The lowest BCUT2D eigenvalue weighted by Gasteiger charge is -2.15. The van der Waals surface area contributed by atoms with Gasteiger partial charge in [-0.15, -0.1) is 10.2 Å². The Balaban J connectivity index is 1.76. The van der Waals surface area contributed by atoms with Crippen molar-refractivity contribution in [3.8, 4) is 11.4 Å². The van der Waals surface area contributed by atoms with Crippen LogP contribution in [0.15, 0.2) is 29.4 Å². The van der Waals surface area contributed by atoms with Gasteiger partial charge in [0.2, 0.25) is 5.91 Å². The zero-order valence-corrected chi connectivity index (χ0v) is 17.5. The molecule has 2 aromatic rings. The highest BCUT2D eigenvalue weighted by Crippen LogP contribution is 2.27. The minimum absolute atomic E-state index is 0.0733. The molecule has 0 unspecified atom stereocenters. The number of unbranched alkanes of at least 4 members (excludes halogenated alkanes) is 1. The number of rotatable bonds is 10. The highest BCUT2D eigenvalue weighted by atomic mass is 35.5. The van der Waals surface area contributed by atoms with Crippen LogP contribution in [0.5, 0.6) is 0 Å². The highest BCUT2D eigenvalue weighted by Gasteiger charge is 2.24. The summed E-state index contributed by atoms with van der Waals surface area (Å²) in [6.45, 7) is 5.32. The molecule has 1 heterocycles. The van der Waals surface area contributed by atoms with Crippen molar-refractivity contribution < 1.29 is 4.79 Å². The zero-order chi connectivity index (χ0) is 19.2. The van der Waals surface area contributed by atoms with Crippen molar-refractivity contribution in [2.24, 2.45) is 5.92 Å². The monoisotopic (exact) mass is 406 g/mol. The molecule has 5 nitrogen and oxygen atoms in total. The van der Waals surface area contributed by atoms with E-state index in [1.165, 1.54) is 31.0 Å². The number of aromatic nitrogens is 3. The van der Waals surface area contributed by atoms with Gasteiger partial charge in [-0.1, -0.05) is 50.1 Å². The molecule has 0 radical (unpaired) electrons. The molecule has 27 heavy (non-hydrogen) atoms. The van der Waals surface area contributed by atoms with Crippen molar-refractivity contribution >= 4 is 29.3 Å². The SMILES string of the molecule is CCCC[C@H](C)Cn1c(SCC(=O)NC2CC2)nnc1-c1ccc(Cl)cc1. The largest absolute Gasteiger partial charge is 0.353 e. The normalized spacial score (nSPS) is 14.9. The van der Waals surface area contributed by atoms with Gasteiger partial charge >= 0.3 is 0 Å². The molecule has 0 saturated heterocycles. The predicted octanol–water partition coefficient (Wildman–Crippen LogP) is 4.80. The number of carbonyl (C=O) groups excluding carboxylic acids is 1. The Hall–Kier alpha value is -1.53. The summed E-state index contributed by atoms with van der Waals surface area (Å²) in [4.78, 5) is 12.1. The summed E-state index contributed by atoms with van der Waals surface area (Å²) < 4.78 is 2.15. The van der Waals surface area contributed by atoms with Crippen LogP contribution in [0, 0.1) is 5.92 Å². The first-order chi connectivity index (χ1) is 13.1. The topological polar surface area (TPSA) is 59.8 Å². The minimum atomic E-state index is 0.0733. The number of hydrogen-bond donors (Lipinski definition) is 1. The highest BCUT2D eigenvalue weighted by molar-refractivity contribution is 7.99. The standard InChI is InChI=1S/C20H27ClN4OS/c1-3-4-5-14(2)12-25-19(15-6-8-16(21)9-7-15)23-24-20(25)27-13-18(26)22-17-10-11-17/h6-9,14,17H,3-5,10-13H2,1-2H3,(H,22,26)/t14-/m0/s1. The van der Waals surface area contributed by atoms with Gasteiger partial charge in [0.25, 0.3) is 0 Å². The Kier molecular flexibility index (Phi) is 7.19. The van der Waals surface area contributed by atoms with Crippen LogP contribution in [0.2, 0.25) is 5.02 Å². The van der Waals surface area contributed by atoms with Gasteiger partial charge < -0.3 is 9.88 Å². The van der Waals surface area contributed by atoms with Gasteiger partial charge in [0.15, 0.2) is 11.0 Å². The maximum Gasteiger partial charge on any atom is 0.230 e. The second-order valence-electron chi connectivity index (χ2n) is 7.30. The minimum Gasteiger partial charge on any atom is -0.353 e. The molecule has 0 spiro atoms. The maximum atomic E-state index is 12.1. The lowest BCUT2D eigenvalue weighted by atomic mass is 10.0. The van der Waals surface area contributed by atoms with E-state index in [9.17, 15) is 4.79 Å². The summed E-state index contributed by atoms with van der Waals surface area (Å²) in [6.07, 6.45) is 5.77. The van der Waals surface area contributed by atoms with E-state index in [0.717, 1.165) is 35.9 Å². The second kappa shape index (κ2) is 9.60. The van der Waals surface area contributed by atoms with Crippen LogP contribution in [0.25, 0.3) is 11.4 Å². The molecular formula is C20H27ClN4OS. The quantitative estimate of drug-likeness (QED) is 0.576. The molecule has 146 valence electrons. The third kappa shape index (κ3) is 5.98. The number of carbonyl (C=O) groups is 1. The van der Waals surface area contributed by atoms with E-state index in [1.807, 2.05) is 24.3 Å². The smallest absolute Gasteiger partial charge is 0.230 e. The van der Waals surface area contributed by atoms with Crippen LogP contribution >= 0.6 is 23.4 Å². The molecule has 1 amide bonds. The third-order valence-electron chi connectivity index (χ3n) is 4.64. The first-order valence-electron chi connectivity index (χ1n) is 9.68. The number of amides is 1. The Morgan fingerprint density at radius 2 is 2.07 bits per heavy atom. The van der Waals surface area contributed by atoms with Gasteiger partial charge in [0.05, 0.1) is 5.75 Å². The van der Waals surface area contributed by atoms with Crippen LogP contribution in [-0.2, 0) is 11.3 Å². The van der Waals surface area contributed by atoms with Crippen LogP contribution in [-0.4, -0.2) is 32.5 Å². The molecule has 1 saturated carbocycles. The Bertz CT molecular complexity index is 758. The molecule has 7 heteroatoms. The number of nitrogens with one attached hydrogen (secondary N) is 1. The Morgan fingerprint density at radius 3 is 2.74 bits per heavy atom. The van der Waals surface area contributed by atoms with Crippen molar-refractivity contribution in [3.05, 3.63) is 29.3 Å². The second-order valence-corrected chi connectivity index (χ2v) is 8.68. The number of halogens is 1. The van der Waals surface area contributed by atoms with E-state index >= 15 is 0 Å². The van der Waals surface area contributed by atoms with Gasteiger partial charge in [-0.05, 0) is 49.4 Å². The van der Waals surface area contributed by atoms with Crippen LogP contribution in [0.3, 0.4) is 0 Å². The molecule has 1 atom stereocenters. The zero-order valence-electron chi connectivity index (χ0n) is 15.9. The maximum absolute atomic E-state index is 12.1. The Morgan fingerprint density at radius 1 is 1.33 bits per heavy atom. The van der Waals surface area contributed by atoms with Crippen LogP contribution < -0.4 is 5.32 Å². The van der Waals surface area contributed by atoms with E-state index in [4.69, 9.17) is 11.6 Å². The lowest BCUT2D eigenvalue weighted by Crippen LogP contribution is -2.27. The van der Waals surface area contributed by atoms with E-state index in [2.05, 4.69) is 33.9 Å². The fourth-order valence-electron chi connectivity index (χ4n) is 2.96. The number of thioether (sulfide) groups is 1. The van der Waals surface area contributed by atoms with Gasteiger partial charge in [-0.25, -0.2) is 0 Å². The molecule has 1 N–H and O–H groups in total. The molecule has 1 aliphatic rings. The summed E-state index contributed by atoms with van der Waals surface area (Å²) in [7, 11) is 0. The average Bonchev–Trinajstić information content (AvgIpc) is 3.38. The number of benzene rings is 1. The summed E-state index contributed by atoms with van der Waals surface area (Å²) in [5.41, 5.74) is 0.990. The molecule has 1 aromatic carbocycles. The van der Waals surface area contributed by atoms with Gasteiger partial charge in [0, 0.05) is 23.2 Å². The third-order valence-corrected chi connectivity index (χ3v) is 5.86. The fraction of sp³-hybridized carbons (Fsp3) is 0.550. The van der Waals surface area contributed by atoms with E-state index in [1.54, 1.807) is 0 Å². The van der Waals surface area contributed by atoms with E-state index in [-0.39, 0.29) is 5.91 Å². The molecule has 1 aromatic heterocycles. The van der Waals surface area contributed by atoms with Gasteiger partial charge in [-0.2, -0.15) is 0 Å². The Labute approximate surface area is 170 Å². The van der Waals surface area contributed by atoms with E-state index < -0.39 is 0 Å². The predicted molar refractivity (Wildman–Crippen MR) is 111 cm³/mol. The van der Waals surface area contributed by atoms with Gasteiger partial charge in [0.1, 0.15) is 0 Å². The molecule has 1 fully saturated rings. The average molecular weight is 407 g/mol. The van der Waals surface area contributed by atoms with E-state index in [0.29, 0.717) is 22.7 Å². The summed E-state index contributed by atoms with van der Waals surface area (Å²) in [5, 5.41) is 13.3. The molecule has 1 aliphatic carbocycles. The number of nitrogens with zero attached hydrogens (tertiary/aromatic N) is 3.